The third-order valence-electron chi connectivity index (χ3n) is 3.48. The van der Waals surface area contributed by atoms with Gasteiger partial charge < -0.3 is 10.1 Å². The van der Waals surface area contributed by atoms with E-state index in [1.54, 1.807) is 0 Å². The molecular weight excluding hydrogens is 202 g/mol. The maximum absolute atomic E-state index is 12.0. The lowest BCUT2D eigenvalue weighted by atomic mass is 9.81. The summed E-state index contributed by atoms with van der Waals surface area (Å²) in [7, 11) is 0. The normalized spacial score (nSPS) is 21.4. The van der Waals surface area contributed by atoms with Crippen molar-refractivity contribution in [2.45, 2.75) is 46.5 Å². The Bertz CT molecular complexity index is 222. The molecule has 1 aliphatic heterocycles. The van der Waals surface area contributed by atoms with E-state index in [2.05, 4.69) is 19.2 Å². The summed E-state index contributed by atoms with van der Waals surface area (Å²) in [6, 6.07) is 0. The summed E-state index contributed by atoms with van der Waals surface area (Å²) in [5.74, 6) is 0.483. The number of hydrogen-bond donors (Lipinski definition) is 1. The highest BCUT2D eigenvalue weighted by Gasteiger charge is 2.36. The van der Waals surface area contributed by atoms with Gasteiger partial charge in [0.05, 0.1) is 12.0 Å². The Morgan fingerprint density at radius 2 is 2.06 bits per heavy atom. The number of ether oxygens (including phenoxy) is 1. The lowest BCUT2D eigenvalue weighted by molar-refractivity contribution is -0.157. The molecular formula is C13H25NO2. The van der Waals surface area contributed by atoms with Gasteiger partial charge in [-0.1, -0.05) is 20.3 Å². The van der Waals surface area contributed by atoms with Crippen molar-refractivity contribution in [2.24, 2.45) is 11.3 Å². The van der Waals surface area contributed by atoms with Crippen LogP contribution in [0.3, 0.4) is 0 Å². The van der Waals surface area contributed by atoms with Crippen LogP contribution in [0.15, 0.2) is 0 Å². The van der Waals surface area contributed by atoms with Gasteiger partial charge in [0.25, 0.3) is 0 Å². The Kier molecular flexibility index (Phi) is 5.26. The fourth-order valence-electron chi connectivity index (χ4n) is 2.15. The van der Waals surface area contributed by atoms with E-state index in [1.165, 1.54) is 0 Å². The highest BCUT2D eigenvalue weighted by Crippen LogP contribution is 2.29. The van der Waals surface area contributed by atoms with Crippen molar-refractivity contribution in [3.05, 3.63) is 0 Å². The number of carbonyl (C=O) groups excluding carboxylic acids is 1. The topological polar surface area (TPSA) is 38.3 Å². The van der Waals surface area contributed by atoms with Crippen LogP contribution in [-0.4, -0.2) is 25.7 Å². The van der Waals surface area contributed by atoms with Gasteiger partial charge in [0, 0.05) is 0 Å². The fourth-order valence-corrected chi connectivity index (χ4v) is 2.15. The smallest absolute Gasteiger partial charge is 0.311 e. The van der Waals surface area contributed by atoms with Crippen LogP contribution in [0.2, 0.25) is 0 Å². The second-order valence-corrected chi connectivity index (χ2v) is 5.30. The Morgan fingerprint density at radius 3 is 2.62 bits per heavy atom. The van der Waals surface area contributed by atoms with Gasteiger partial charge in [0.15, 0.2) is 0 Å². The lowest BCUT2D eigenvalue weighted by Crippen LogP contribution is -2.41. The summed E-state index contributed by atoms with van der Waals surface area (Å²) in [6.45, 7) is 8.76. The molecule has 3 heteroatoms. The van der Waals surface area contributed by atoms with Crippen LogP contribution in [0.5, 0.6) is 0 Å². The predicted octanol–water partition coefficient (Wildman–Crippen LogP) is 2.36. The van der Waals surface area contributed by atoms with Crippen LogP contribution in [-0.2, 0) is 9.53 Å². The second-order valence-electron chi connectivity index (χ2n) is 5.30. The molecule has 0 saturated carbocycles. The molecule has 0 spiro atoms. The molecule has 0 aromatic carbocycles. The van der Waals surface area contributed by atoms with E-state index >= 15 is 0 Å². The largest absolute Gasteiger partial charge is 0.465 e. The van der Waals surface area contributed by atoms with Gasteiger partial charge >= 0.3 is 5.97 Å². The van der Waals surface area contributed by atoms with E-state index < -0.39 is 0 Å². The zero-order valence-corrected chi connectivity index (χ0v) is 10.8. The highest BCUT2D eigenvalue weighted by molar-refractivity contribution is 5.76. The molecule has 94 valence electrons. The molecule has 0 aromatic rings. The fraction of sp³-hybridized carbons (Fsp3) is 0.923. The Balaban J connectivity index is 2.33. The molecule has 0 amide bonds. The van der Waals surface area contributed by atoms with Gasteiger partial charge in [0.1, 0.15) is 0 Å². The SMILES string of the molecule is CCCC(C)COC(=O)C1(C)CCNCC1. The summed E-state index contributed by atoms with van der Waals surface area (Å²) < 4.78 is 5.43. The number of rotatable bonds is 5. The van der Waals surface area contributed by atoms with Crippen LogP contribution in [0.4, 0.5) is 0 Å². The minimum atomic E-state index is -0.253. The van der Waals surface area contributed by atoms with Gasteiger partial charge in [-0.15, -0.1) is 0 Å². The van der Waals surface area contributed by atoms with E-state index in [0.717, 1.165) is 38.8 Å². The molecule has 1 fully saturated rings. The maximum atomic E-state index is 12.0. The van der Waals surface area contributed by atoms with Gasteiger partial charge in [-0.05, 0) is 45.2 Å². The summed E-state index contributed by atoms with van der Waals surface area (Å²) in [5, 5.41) is 3.27. The van der Waals surface area contributed by atoms with Crippen LogP contribution in [0, 0.1) is 11.3 Å². The average Bonchev–Trinajstić information content (AvgIpc) is 2.27. The van der Waals surface area contributed by atoms with E-state index in [0.29, 0.717) is 12.5 Å². The Hall–Kier alpha value is -0.570. The molecule has 1 saturated heterocycles. The average molecular weight is 227 g/mol. The molecule has 1 heterocycles. The minimum absolute atomic E-state index is 0.00282. The van der Waals surface area contributed by atoms with E-state index in [1.807, 2.05) is 6.92 Å². The first-order valence-corrected chi connectivity index (χ1v) is 6.46. The van der Waals surface area contributed by atoms with Crippen LogP contribution >= 0.6 is 0 Å². The van der Waals surface area contributed by atoms with Crippen LogP contribution in [0.1, 0.15) is 46.5 Å². The quantitative estimate of drug-likeness (QED) is 0.733. The van der Waals surface area contributed by atoms with Crippen LogP contribution < -0.4 is 5.32 Å². The third-order valence-corrected chi connectivity index (χ3v) is 3.48. The van der Waals surface area contributed by atoms with Crippen molar-refractivity contribution in [3.8, 4) is 0 Å². The number of piperidine rings is 1. The molecule has 0 bridgehead atoms. The summed E-state index contributed by atoms with van der Waals surface area (Å²) in [6.07, 6.45) is 4.08. The first kappa shape index (κ1) is 13.5. The zero-order chi connectivity index (χ0) is 12.0. The van der Waals surface area contributed by atoms with Crippen LogP contribution in [0.25, 0.3) is 0 Å². The van der Waals surface area contributed by atoms with E-state index in [9.17, 15) is 4.79 Å². The van der Waals surface area contributed by atoms with E-state index in [4.69, 9.17) is 4.74 Å². The first-order chi connectivity index (χ1) is 7.58. The number of hydrogen-bond acceptors (Lipinski definition) is 3. The lowest BCUT2D eigenvalue weighted by Gasteiger charge is -2.31. The number of carbonyl (C=O) groups is 1. The van der Waals surface area contributed by atoms with Crippen molar-refractivity contribution in [1.29, 1.82) is 0 Å². The van der Waals surface area contributed by atoms with Gasteiger partial charge in [-0.3, -0.25) is 4.79 Å². The molecule has 16 heavy (non-hydrogen) atoms. The summed E-state index contributed by atoms with van der Waals surface area (Å²) in [5.41, 5.74) is -0.253. The predicted molar refractivity (Wildman–Crippen MR) is 65.2 cm³/mol. The zero-order valence-electron chi connectivity index (χ0n) is 10.8. The van der Waals surface area contributed by atoms with Crippen molar-refractivity contribution in [2.75, 3.05) is 19.7 Å². The minimum Gasteiger partial charge on any atom is -0.465 e. The summed E-state index contributed by atoms with van der Waals surface area (Å²) in [4.78, 5) is 12.0. The summed E-state index contributed by atoms with van der Waals surface area (Å²) >= 11 is 0. The van der Waals surface area contributed by atoms with Crippen molar-refractivity contribution in [3.63, 3.8) is 0 Å². The third kappa shape index (κ3) is 3.78. The Labute approximate surface area is 98.9 Å². The number of esters is 1. The molecule has 0 radical (unpaired) electrons. The van der Waals surface area contributed by atoms with Gasteiger partial charge in [-0.25, -0.2) is 0 Å². The van der Waals surface area contributed by atoms with Gasteiger partial charge in [0.2, 0.25) is 0 Å². The molecule has 0 aromatic heterocycles. The Morgan fingerprint density at radius 1 is 1.44 bits per heavy atom. The van der Waals surface area contributed by atoms with Crippen molar-refractivity contribution in [1.82, 2.24) is 5.32 Å². The maximum Gasteiger partial charge on any atom is 0.311 e. The van der Waals surface area contributed by atoms with Gasteiger partial charge in [-0.2, -0.15) is 0 Å². The number of nitrogens with one attached hydrogen (secondary N) is 1. The van der Waals surface area contributed by atoms with Crippen molar-refractivity contribution < 1.29 is 9.53 Å². The van der Waals surface area contributed by atoms with Crippen molar-refractivity contribution >= 4 is 5.97 Å². The second kappa shape index (κ2) is 6.24. The first-order valence-electron chi connectivity index (χ1n) is 6.46. The molecule has 1 aliphatic rings. The molecule has 1 N–H and O–H groups in total. The molecule has 1 unspecified atom stereocenters. The molecule has 3 nitrogen and oxygen atoms in total. The molecule has 0 aliphatic carbocycles. The molecule has 1 atom stereocenters. The standard InChI is InChI=1S/C13H25NO2/c1-4-5-11(2)10-16-12(15)13(3)6-8-14-9-7-13/h11,14H,4-10H2,1-3H3. The monoisotopic (exact) mass is 227 g/mol. The molecule has 1 rings (SSSR count). The van der Waals surface area contributed by atoms with E-state index in [-0.39, 0.29) is 11.4 Å². The highest BCUT2D eigenvalue weighted by atomic mass is 16.5.